The molecule has 726 valence electrons. The molecule has 3 aliphatic heterocycles. The van der Waals surface area contributed by atoms with Crippen molar-refractivity contribution in [2.45, 2.75) is 129 Å². The molecule has 7 aromatic carbocycles. The van der Waals surface area contributed by atoms with Crippen molar-refractivity contribution >= 4 is 57.6 Å². The summed E-state index contributed by atoms with van der Waals surface area (Å²) in [5.41, 5.74) is 9.57. The van der Waals surface area contributed by atoms with Gasteiger partial charge in [0, 0.05) is 194 Å². The van der Waals surface area contributed by atoms with E-state index in [-0.39, 0.29) is 176 Å². The maximum Gasteiger partial charge on any atom is 0.284 e. The van der Waals surface area contributed by atoms with Crippen LogP contribution >= 0.6 is 0 Å². The first-order valence-corrected chi connectivity index (χ1v) is 41.7. The van der Waals surface area contributed by atoms with E-state index >= 15 is 0 Å². The second-order valence-electron chi connectivity index (χ2n) is 34.6. The average molecular weight is 2590 g/mol. The Morgan fingerprint density at radius 2 is 0.616 bits per heavy atom. The second kappa shape index (κ2) is 53.1. The Hall–Kier alpha value is -13.0. The van der Waals surface area contributed by atoms with E-state index in [0.717, 1.165) is 65.6 Å². The van der Waals surface area contributed by atoms with Crippen LogP contribution in [0.25, 0.3) is 61.3 Å². The van der Waals surface area contributed by atoms with Crippen LogP contribution in [0.15, 0.2) is 305 Å². The number of nitrogens with zero attached hydrogens (tertiary/aromatic N) is 14. The summed E-state index contributed by atoms with van der Waals surface area (Å²) in [6, 6.07) is 67.2. The normalized spacial score (nSPS) is 13.5. The monoisotopic (exact) mass is 2590 g/mol. The molecule has 13 aromatic rings. The van der Waals surface area contributed by atoms with Crippen LogP contribution in [0, 0.1) is 99.4 Å². The SMILES string of the molecule is CC(C)(C)c1cc(-c2ccccn2)[n-]n1.CC1=NN(c2ccc(F)cc2)C(=O)C1=C(O)CC(C)(C)C.CC1=NN(c2ccccc2)C(=O)C1=C(O)CC(C)(C)C.Fc1c[c-]c(-c2ccccn2)c(F)c1.Fc1c[c-]c(-c2ccccn2)c(F)c1.Fc1c[c-]c(-c2ccccn2)c(F)c1.Fc1c[c-]c(-c2ccccn2)c(F)c1.[C-]#[N+]c1ccc(N2N=C(C)C(=C(O)CC(C)(C)C)C2=O)cc1.[Ir].[Ir].[Ir].[Ir]. The first-order valence-electron chi connectivity index (χ1n) is 41.7. The fraction of sp³-hybridized carbons (Fsp3) is 0.210. The zero-order chi connectivity index (χ0) is 97.9. The third kappa shape index (κ3) is 34.3. The summed E-state index contributed by atoms with van der Waals surface area (Å²) in [5, 5.41) is 55.5. The van der Waals surface area contributed by atoms with Gasteiger partial charge in [-0.3, -0.25) is 54.5 Å². The first-order chi connectivity index (χ1) is 63.4. The summed E-state index contributed by atoms with van der Waals surface area (Å²) >= 11 is 0. The molecule has 0 saturated heterocycles. The van der Waals surface area contributed by atoms with Gasteiger partial charge in [0.05, 0.1) is 40.8 Å². The van der Waals surface area contributed by atoms with Crippen LogP contribution in [-0.2, 0) is 100 Å². The molecule has 3 N–H and O–H groups in total. The van der Waals surface area contributed by atoms with E-state index in [1.54, 1.807) is 149 Å². The van der Waals surface area contributed by atoms with Crippen molar-refractivity contribution in [1.29, 1.82) is 0 Å². The van der Waals surface area contributed by atoms with Crippen molar-refractivity contribution in [1.82, 2.24) is 35.1 Å². The molecule has 0 fully saturated rings. The molecule has 3 aliphatic rings. The maximum atomic E-state index is 13.2. The van der Waals surface area contributed by atoms with Gasteiger partial charge in [0.2, 0.25) is 0 Å². The number of carbonyl (C=O) groups is 3. The molecular weight excluding hydrogens is 2490 g/mol. The fourth-order valence-corrected chi connectivity index (χ4v) is 12.5. The standard InChI is InChI=1S/C17H19N3O2.C16H19FN2O2.C16H20N2O2.C12H14N3.4C11H6F2N.4Ir/c1-11-15(14(21)10-17(2,3)4)16(22)20(19-11)13-8-6-12(18-5)7-9-13;1-10-14(13(20)9-16(2,3)4)15(21)19(18-10)12-7-5-11(17)6-8-12;1-11-14(13(19)10-16(2,3)4)15(20)18(17-11)12-8-6-5-7-9-12;1-12(2,3)11-8-10(14-15-11)9-6-4-5-7-13-9;4*12-8-4-5-9(10(13)7-8)11-3-1-2-6-14-11;;;;/h6-9,21H,10H2,1-4H3;5-8,20H,9H2,1-4H3;5-9,19H,10H2,1-4H3;4-8H,1-3H3;4*1-4,6-7H;;;;/q;;;5*-1;;;;. The Balaban J connectivity index is 0.000000279. The Morgan fingerprint density at radius 1 is 0.355 bits per heavy atom. The van der Waals surface area contributed by atoms with Gasteiger partial charge in [-0.05, 0) is 145 Å². The number of para-hydroxylation sites is 1. The van der Waals surface area contributed by atoms with E-state index in [0.29, 0.717) is 87.5 Å². The molecular formula is C105H96F9Ir4N14O6-5. The van der Waals surface area contributed by atoms with Crippen molar-refractivity contribution < 1.29 is 150 Å². The van der Waals surface area contributed by atoms with Crippen LogP contribution in [0.5, 0.6) is 0 Å². The van der Waals surface area contributed by atoms with Crippen molar-refractivity contribution in [2.24, 2.45) is 31.5 Å². The zero-order valence-electron chi connectivity index (χ0n) is 77.4. The number of pyridine rings is 5. The van der Waals surface area contributed by atoms with E-state index in [1.165, 1.54) is 39.3 Å². The number of halogens is 9. The van der Waals surface area contributed by atoms with Gasteiger partial charge in [0.1, 0.15) is 39.8 Å². The summed E-state index contributed by atoms with van der Waals surface area (Å²) in [6.07, 6.45) is 9.20. The van der Waals surface area contributed by atoms with Crippen LogP contribution < -0.4 is 20.1 Å². The zero-order valence-corrected chi connectivity index (χ0v) is 87.0. The Bertz CT molecular complexity index is 6130. The summed E-state index contributed by atoms with van der Waals surface area (Å²) in [4.78, 5) is 60.7. The van der Waals surface area contributed by atoms with Gasteiger partial charge in [-0.15, -0.1) is 48.5 Å². The van der Waals surface area contributed by atoms with Crippen LogP contribution in [-0.4, -0.2) is 80.2 Å². The molecule has 138 heavy (non-hydrogen) atoms. The third-order valence-corrected chi connectivity index (χ3v) is 18.7. The van der Waals surface area contributed by atoms with Gasteiger partial charge in [0.15, 0.2) is 5.69 Å². The molecule has 16 rings (SSSR count). The number of benzene rings is 7. The molecule has 0 saturated carbocycles. The molecule has 3 amide bonds. The number of aliphatic hydroxyl groups excluding tert-OH is 3. The van der Waals surface area contributed by atoms with E-state index in [1.807, 2.05) is 117 Å². The number of hydrogen-bond acceptors (Lipinski definition) is 15. The molecule has 0 aliphatic carbocycles. The Labute approximate surface area is 850 Å². The Morgan fingerprint density at radius 3 is 0.855 bits per heavy atom. The number of aliphatic hydroxyl groups is 3. The van der Waals surface area contributed by atoms with Crippen molar-refractivity contribution in [3.8, 4) is 56.4 Å². The van der Waals surface area contributed by atoms with Crippen LogP contribution in [0.3, 0.4) is 0 Å². The number of carbonyl (C=O) groups excluding carboxylic acids is 3. The molecule has 0 atom stereocenters. The number of anilines is 3. The van der Waals surface area contributed by atoms with E-state index in [9.17, 15) is 69.2 Å². The fourth-order valence-electron chi connectivity index (χ4n) is 12.5. The second-order valence-corrected chi connectivity index (χ2v) is 34.6. The molecule has 4 radical (unpaired) electrons. The van der Waals surface area contributed by atoms with Gasteiger partial charge in [-0.2, -0.15) is 30.3 Å². The van der Waals surface area contributed by atoms with Crippen molar-refractivity contribution in [3.05, 3.63) is 383 Å². The smallest absolute Gasteiger partial charge is 0.284 e. The number of allylic oxidation sites excluding steroid dienone is 3. The first kappa shape index (κ1) is 115. The predicted molar refractivity (Wildman–Crippen MR) is 502 cm³/mol. The number of hydrazone groups is 3. The molecule has 0 bridgehead atoms. The minimum absolute atomic E-state index is 0. The third-order valence-electron chi connectivity index (χ3n) is 18.7. The van der Waals surface area contributed by atoms with Crippen LogP contribution in [0.2, 0.25) is 0 Å². The predicted octanol–water partition coefficient (Wildman–Crippen LogP) is 25.4. The summed E-state index contributed by atoms with van der Waals surface area (Å²) < 4.78 is 116. The van der Waals surface area contributed by atoms with Crippen molar-refractivity contribution in [3.63, 3.8) is 0 Å². The van der Waals surface area contributed by atoms with Crippen molar-refractivity contribution in [2.75, 3.05) is 15.0 Å². The largest absolute Gasteiger partial charge is 0.573 e. The van der Waals surface area contributed by atoms with Gasteiger partial charge < -0.3 is 45.5 Å². The molecule has 6 aromatic heterocycles. The van der Waals surface area contributed by atoms with Gasteiger partial charge in [-0.25, -0.2) is 9.24 Å². The maximum absolute atomic E-state index is 13.2. The van der Waals surface area contributed by atoms with E-state index < -0.39 is 46.5 Å². The molecule has 0 spiro atoms. The summed E-state index contributed by atoms with van der Waals surface area (Å²) in [7, 11) is 0. The number of amides is 3. The quantitative estimate of drug-likeness (QED) is 0.0472. The number of hydrogen-bond donors (Lipinski definition) is 3. The average Bonchev–Trinajstić information content (AvgIpc) is 1.65. The van der Waals surface area contributed by atoms with E-state index in [4.69, 9.17) is 6.57 Å². The van der Waals surface area contributed by atoms with Crippen LogP contribution in [0.4, 0.5) is 62.3 Å². The molecule has 33 heteroatoms. The Kier molecular flexibility index (Phi) is 44.4. The van der Waals surface area contributed by atoms with Crippen LogP contribution in [0.1, 0.15) is 129 Å². The minimum atomic E-state index is -0.649. The molecule has 0 unspecified atom stereocenters. The minimum Gasteiger partial charge on any atom is -0.573 e. The summed E-state index contributed by atoms with van der Waals surface area (Å²) in [6.45, 7) is 36.4. The molecule has 9 heterocycles. The van der Waals surface area contributed by atoms with Gasteiger partial charge in [0.25, 0.3) is 17.7 Å². The summed E-state index contributed by atoms with van der Waals surface area (Å²) in [5.74, 6) is -6.29. The molecule has 20 nitrogen and oxygen atoms in total. The number of aromatic nitrogens is 7. The van der Waals surface area contributed by atoms with E-state index in [2.05, 4.69) is 100 Å². The number of rotatable bonds is 11. The topological polar surface area (TPSA) is 254 Å². The van der Waals surface area contributed by atoms with Gasteiger partial charge in [-0.1, -0.05) is 226 Å². The van der Waals surface area contributed by atoms with Gasteiger partial charge >= 0.3 is 0 Å².